The summed E-state index contributed by atoms with van der Waals surface area (Å²) in [5, 5.41) is 3.45. The van der Waals surface area contributed by atoms with Crippen LogP contribution in [0.5, 0.6) is 0 Å². The molecular weight excluding hydrogens is 258 g/mol. The minimum atomic E-state index is -0.781. The van der Waals surface area contributed by atoms with Crippen molar-refractivity contribution in [3.05, 3.63) is 58.6 Å². The van der Waals surface area contributed by atoms with Gasteiger partial charge in [-0.15, -0.1) is 0 Å². The quantitative estimate of drug-likeness (QED) is 0.831. The van der Waals surface area contributed by atoms with Crippen LogP contribution in [0.1, 0.15) is 5.56 Å². The summed E-state index contributed by atoms with van der Waals surface area (Å²) in [5.41, 5.74) is 6.45. The number of halogens is 3. The zero-order valence-corrected chi connectivity index (χ0v) is 10.1. The fourth-order valence-electron chi connectivity index (χ4n) is 1.56. The van der Waals surface area contributed by atoms with Crippen LogP contribution in [0.4, 0.5) is 20.2 Å². The van der Waals surface area contributed by atoms with E-state index in [1.165, 1.54) is 0 Å². The topological polar surface area (TPSA) is 38.0 Å². The Bertz CT molecular complexity index is 573. The smallest absolute Gasteiger partial charge is 0.151 e. The van der Waals surface area contributed by atoms with E-state index in [1.807, 2.05) is 18.2 Å². The van der Waals surface area contributed by atoms with Crippen molar-refractivity contribution in [3.63, 3.8) is 0 Å². The minimum Gasteiger partial charge on any atom is -0.395 e. The highest BCUT2D eigenvalue weighted by atomic mass is 35.5. The monoisotopic (exact) mass is 268 g/mol. The zero-order chi connectivity index (χ0) is 13.1. The van der Waals surface area contributed by atoms with Gasteiger partial charge in [-0.2, -0.15) is 0 Å². The highest BCUT2D eigenvalue weighted by Gasteiger charge is 2.08. The van der Waals surface area contributed by atoms with Gasteiger partial charge in [-0.05, 0) is 17.7 Å². The van der Waals surface area contributed by atoms with Crippen LogP contribution in [0.3, 0.4) is 0 Å². The number of benzene rings is 2. The third-order valence-electron chi connectivity index (χ3n) is 2.52. The van der Waals surface area contributed by atoms with Crippen molar-refractivity contribution >= 4 is 23.0 Å². The third-order valence-corrected chi connectivity index (χ3v) is 2.89. The molecule has 0 aromatic heterocycles. The van der Waals surface area contributed by atoms with Gasteiger partial charge < -0.3 is 11.1 Å². The molecule has 0 saturated carbocycles. The Morgan fingerprint density at radius 1 is 1.17 bits per heavy atom. The number of rotatable bonds is 3. The first kappa shape index (κ1) is 12.6. The standard InChI is InChI=1S/C13H11ClF2N2/c14-10-4-2-1-3-8(10)7-18-12-6-9(15)5-11(16)13(12)17/h1-6,18H,7,17H2. The molecule has 0 aliphatic carbocycles. The van der Waals surface area contributed by atoms with Crippen molar-refractivity contribution in [1.82, 2.24) is 0 Å². The zero-order valence-electron chi connectivity index (χ0n) is 9.38. The predicted octanol–water partition coefficient (Wildman–Crippen LogP) is 3.81. The molecule has 0 heterocycles. The van der Waals surface area contributed by atoms with E-state index < -0.39 is 11.6 Å². The van der Waals surface area contributed by atoms with E-state index in [2.05, 4.69) is 5.32 Å². The van der Waals surface area contributed by atoms with Crippen molar-refractivity contribution in [1.29, 1.82) is 0 Å². The van der Waals surface area contributed by atoms with Crippen LogP contribution < -0.4 is 11.1 Å². The molecule has 0 aliphatic heterocycles. The molecule has 0 atom stereocenters. The molecule has 5 heteroatoms. The summed E-state index contributed by atoms with van der Waals surface area (Å²) in [6.45, 7) is 0.340. The van der Waals surface area contributed by atoms with Gasteiger partial charge in [0, 0.05) is 17.6 Å². The summed E-state index contributed by atoms with van der Waals surface area (Å²) in [6.07, 6.45) is 0. The van der Waals surface area contributed by atoms with Crippen LogP contribution >= 0.6 is 11.6 Å². The Kier molecular flexibility index (Phi) is 3.67. The lowest BCUT2D eigenvalue weighted by molar-refractivity contribution is 0.587. The van der Waals surface area contributed by atoms with Crippen LogP contribution in [0, 0.1) is 11.6 Å². The molecule has 0 saturated heterocycles. The van der Waals surface area contributed by atoms with E-state index in [4.69, 9.17) is 17.3 Å². The minimum absolute atomic E-state index is 0.108. The first-order valence-corrected chi connectivity index (χ1v) is 5.67. The molecule has 2 rings (SSSR count). The van der Waals surface area contributed by atoms with E-state index in [0.717, 1.165) is 17.7 Å². The van der Waals surface area contributed by atoms with Gasteiger partial charge in [0.2, 0.25) is 0 Å². The summed E-state index contributed by atoms with van der Waals surface area (Å²) in [4.78, 5) is 0. The average molecular weight is 269 g/mol. The molecule has 3 N–H and O–H groups in total. The summed E-state index contributed by atoms with van der Waals surface area (Å²) >= 11 is 5.97. The second kappa shape index (κ2) is 5.23. The fourth-order valence-corrected chi connectivity index (χ4v) is 1.77. The average Bonchev–Trinajstić information content (AvgIpc) is 2.33. The fraction of sp³-hybridized carbons (Fsp3) is 0.0769. The van der Waals surface area contributed by atoms with Gasteiger partial charge in [-0.25, -0.2) is 8.78 Å². The maximum atomic E-state index is 13.2. The molecule has 2 aromatic rings. The molecular formula is C13H11ClF2N2. The third kappa shape index (κ3) is 2.71. The summed E-state index contributed by atoms with van der Waals surface area (Å²) < 4.78 is 26.3. The first-order valence-electron chi connectivity index (χ1n) is 5.29. The number of nitrogens with two attached hydrogens (primary N) is 1. The molecule has 18 heavy (non-hydrogen) atoms. The van der Waals surface area contributed by atoms with Crippen LogP contribution in [0.2, 0.25) is 5.02 Å². The maximum Gasteiger partial charge on any atom is 0.151 e. The molecule has 0 bridgehead atoms. The Morgan fingerprint density at radius 2 is 1.89 bits per heavy atom. The summed E-state index contributed by atoms with van der Waals surface area (Å²) in [7, 11) is 0. The van der Waals surface area contributed by atoms with Crippen LogP contribution in [-0.4, -0.2) is 0 Å². The molecule has 0 unspecified atom stereocenters. The van der Waals surface area contributed by atoms with Crippen LogP contribution in [0.15, 0.2) is 36.4 Å². The number of hydrogen-bond donors (Lipinski definition) is 2. The number of anilines is 2. The van der Waals surface area contributed by atoms with Gasteiger partial charge in [-0.1, -0.05) is 29.8 Å². The number of nitrogens with one attached hydrogen (secondary N) is 1. The van der Waals surface area contributed by atoms with Crippen LogP contribution in [0.25, 0.3) is 0 Å². The number of nitrogen functional groups attached to an aromatic ring is 1. The normalized spacial score (nSPS) is 10.4. The molecule has 0 aliphatic rings. The molecule has 2 nitrogen and oxygen atoms in total. The maximum absolute atomic E-state index is 13.2. The van der Waals surface area contributed by atoms with Crippen molar-refractivity contribution in [2.24, 2.45) is 0 Å². The van der Waals surface area contributed by atoms with E-state index in [0.29, 0.717) is 11.6 Å². The Balaban J connectivity index is 2.18. The van der Waals surface area contributed by atoms with Crippen LogP contribution in [-0.2, 0) is 6.54 Å². The van der Waals surface area contributed by atoms with E-state index in [9.17, 15) is 8.78 Å². The highest BCUT2D eigenvalue weighted by Crippen LogP contribution is 2.25. The van der Waals surface area contributed by atoms with E-state index >= 15 is 0 Å². The van der Waals surface area contributed by atoms with E-state index in [-0.39, 0.29) is 11.4 Å². The lowest BCUT2D eigenvalue weighted by atomic mass is 10.2. The summed E-state index contributed by atoms with van der Waals surface area (Å²) in [5.74, 6) is -1.46. The molecule has 94 valence electrons. The largest absolute Gasteiger partial charge is 0.395 e. The molecule has 0 fully saturated rings. The number of hydrogen-bond acceptors (Lipinski definition) is 2. The van der Waals surface area contributed by atoms with Crippen molar-refractivity contribution in [3.8, 4) is 0 Å². The van der Waals surface area contributed by atoms with Gasteiger partial charge in [0.1, 0.15) is 5.82 Å². The predicted molar refractivity (Wildman–Crippen MR) is 69.5 cm³/mol. The highest BCUT2D eigenvalue weighted by molar-refractivity contribution is 6.31. The van der Waals surface area contributed by atoms with Crippen molar-refractivity contribution in [2.75, 3.05) is 11.1 Å². The molecule has 0 radical (unpaired) electrons. The molecule has 0 amide bonds. The van der Waals surface area contributed by atoms with Gasteiger partial charge in [0.05, 0.1) is 11.4 Å². The molecule has 2 aromatic carbocycles. The van der Waals surface area contributed by atoms with E-state index in [1.54, 1.807) is 6.07 Å². The first-order chi connectivity index (χ1) is 8.58. The Labute approximate surface area is 108 Å². The lowest BCUT2D eigenvalue weighted by Crippen LogP contribution is -2.05. The second-order valence-electron chi connectivity index (χ2n) is 3.79. The summed E-state index contributed by atoms with van der Waals surface area (Å²) in [6, 6.07) is 9.10. The van der Waals surface area contributed by atoms with Crippen molar-refractivity contribution in [2.45, 2.75) is 6.54 Å². The Hall–Kier alpha value is -1.81. The van der Waals surface area contributed by atoms with Crippen molar-refractivity contribution < 1.29 is 8.78 Å². The Morgan fingerprint density at radius 3 is 2.61 bits per heavy atom. The molecule has 0 spiro atoms. The lowest BCUT2D eigenvalue weighted by Gasteiger charge is -2.11. The van der Waals surface area contributed by atoms with Gasteiger partial charge >= 0.3 is 0 Å². The van der Waals surface area contributed by atoms with Gasteiger partial charge in [0.25, 0.3) is 0 Å². The SMILES string of the molecule is Nc1c(F)cc(F)cc1NCc1ccccc1Cl. The second-order valence-corrected chi connectivity index (χ2v) is 4.20. The van der Waals surface area contributed by atoms with Gasteiger partial charge in [-0.3, -0.25) is 0 Å². The van der Waals surface area contributed by atoms with Gasteiger partial charge in [0.15, 0.2) is 5.82 Å².